The van der Waals surface area contributed by atoms with Crippen molar-refractivity contribution < 1.29 is 9.47 Å². The van der Waals surface area contributed by atoms with E-state index in [2.05, 4.69) is 5.32 Å². The van der Waals surface area contributed by atoms with E-state index < -0.39 is 0 Å². The van der Waals surface area contributed by atoms with E-state index in [4.69, 9.17) is 15.2 Å². The fourth-order valence-corrected chi connectivity index (χ4v) is 1.36. The molecule has 94 valence electrons. The number of nitrogens with two attached hydrogens (primary N) is 1. The Kier molecular flexibility index (Phi) is 4.36. The van der Waals surface area contributed by atoms with Crippen molar-refractivity contribution in [2.45, 2.75) is 19.1 Å². The quantitative estimate of drug-likeness (QED) is 0.603. The van der Waals surface area contributed by atoms with Crippen LogP contribution in [0.3, 0.4) is 0 Å². The van der Waals surface area contributed by atoms with Gasteiger partial charge in [-0.05, 0) is 18.6 Å². The molecule has 2 heterocycles. The predicted octanol–water partition coefficient (Wildman–Crippen LogP) is 0.951. The van der Waals surface area contributed by atoms with Gasteiger partial charge < -0.3 is 20.5 Å². The van der Waals surface area contributed by atoms with Crippen molar-refractivity contribution in [1.29, 1.82) is 0 Å². The number of hydrogen-bond acceptors (Lipinski definition) is 4. The monoisotopic (exact) mass is 236 g/mol. The summed E-state index contributed by atoms with van der Waals surface area (Å²) in [4.78, 5) is 0. The second-order valence-corrected chi connectivity index (χ2v) is 4.43. The molecule has 0 saturated carbocycles. The second-order valence-electron chi connectivity index (χ2n) is 4.43. The number of nitrogen functional groups attached to an aromatic ring is 1. The second kappa shape index (κ2) is 6.00. The lowest BCUT2D eigenvalue weighted by Crippen LogP contribution is -2.24. The molecule has 17 heavy (non-hydrogen) atoms. The third-order valence-electron chi connectivity index (χ3n) is 2.74. The summed E-state index contributed by atoms with van der Waals surface area (Å²) in [7, 11) is 0. The van der Waals surface area contributed by atoms with Crippen molar-refractivity contribution in [2.75, 3.05) is 32.0 Å². The van der Waals surface area contributed by atoms with Crippen LogP contribution in [0.2, 0.25) is 0 Å². The van der Waals surface area contributed by atoms with Crippen LogP contribution in [0, 0.1) is 6.92 Å². The number of para-hydroxylation sites is 1. The molecule has 3 N–H and O–H groups in total. The molecular weight excluding hydrogens is 216 g/mol. The first-order valence-electron chi connectivity index (χ1n) is 6.00. The Hall–Kier alpha value is -1.10. The normalized spacial score (nSPS) is 24.8. The molecule has 2 atom stereocenters. The maximum atomic E-state index is 5.52. The standard InChI is InChI=1S/C7H9N.C6H11NO2/c1-6-4-2-3-5-7(6)8;1(5-3-8-5)7-2-6-4-9-6/h2-5H,8H2,1H3;5-7H,1-4H2. The van der Waals surface area contributed by atoms with Crippen LogP contribution < -0.4 is 11.1 Å². The molecule has 0 spiro atoms. The first-order valence-corrected chi connectivity index (χ1v) is 6.00. The lowest BCUT2D eigenvalue weighted by Gasteiger charge is -1.95. The van der Waals surface area contributed by atoms with E-state index in [0.717, 1.165) is 37.6 Å². The third kappa shape index (κ3) is 5.17. The van der Waals surface area contributed by atoms with Gasteiger partial charge in [0.15, 0.2) is 0 Å². The SMILES string of the molecule is C(NCC1CO1)C1CO1.Cc1ccccc1N. The van der Waals surface area contributed by atoms with Gasteiger partial charge >= 0.3 is 0 Å². The van der Waals surface area contributed by atoms with Gasteiger partial charge in [-0.25, -0.2) is 0 Å². The fraction of sp³-hybridized carbons (Fsp3) is 0.538. The van der Waals surface area contributed by atoms with Crippen LogP contribution in [0.15, 0.2) is 24.3 Å². The maximum absolute atomic E-state index is 5.52. The van der Waals surface area contributed by atoms with Crippen LogP contribution in [0.5, 0.6) is 0 Å². The molecule has 0 aliphatic carbocycles. The number of epoxide rings is 2. The number of rotatable bonds is 4. The van der Waals surface area contributed by atoms with Crippen LogP contribution in [-0.4, -0.2) is 38.5 Å². The van der Waals surface area contributed by atoms with E-state index in [1.54, 1.807) is 0 Å². The smallest absolute Gasteiger partial charge is 0.0933 e. The van der Waals surface area contributed by atoms with Gasteiger partial charge in [-0.3, -0.25) is 0 Å². The topological polar surface area (TPSA) is 63.1 Å². The van der Waals surface area contributed by atoms with E-state index in [-0.39, 0.29) is 0 Å². The summed E-state index contributed by atoms with van der Waals surface area (Å²) in [6.45, 7) is 5.88. The van der Waals surface area contributed by atoms with Crippen molar-refractivity contribution >= 4 is 5.69 Å². The Morgan fingerprint density at radius 1 is 1.18 bits per heavy atom. The summed E-state index contributed by atoms with van der Waals surface area (Å²) < 4.78 is 10.0. The summed E-state index contributed by atoms with van der Waals surface area (Å²) >= 11 is 0. The Morgan fingerprint density at radius 3 is 2.06 bits per heavy atom. The maximum Gasteiger partial charge on any atom is 0.0933 e. The Morgan fingerprint density at radius 2 is 1.71 bits per heavy atom. The van der Waals surface area contributed by atoms with Gasteiger partial charge in [-0.2, -0.15) is 0 Å². The molecule has 0 amide bonds. The lowest BCUT2D eigenvalue weighted by molar-refractivity contribution is 0.373. The van der Waals surface area contributed by atoms with Crippen LogP contribution in [-0.2, 0) is 9.47 Å². The van der Waals surface area contributed by atoms with E-state index in [0.29, 0.717) is 12.2 Å². The summed E-state index contributed by atoms with van der Waals surface area (Å²) in [5, 5.41) is 3.26. The van der Waals surface area contributed by atoms with Gasteiger partial charge in [0, 0.05) is 18.8 Å². The number of nitrogens with one attached hydrogen (secondary N) is 1. The molecule has 2 saturated heterocycles. The van der Waals surface area contributed by atoms with Gasteiger partial charge in [0.2, 0.25) is 0 Å². The molecule has 4 nitrogen and oxygen atoms in total. The summed E-state index contributed by atoms with van der Waals surface area (Å²) in [5.74, 6) is 0. The molecule has 4 heteroatoms. The molecule has 2 aliphatic rings. The van der Waals surface area contributed by atoms with Crippen LogP contribution in [0.25, 0.3) is 0 Å². The minimum Gasteiger partial charge on any atom is -0.399 e. The molecule has 3 rings (SSSR count). The van der Waals surface area contributed by atoms with Gasteiger partial charge in [0.05, 0.1) is 25.4 Å². The molecule has 1 aromatic rings. The number of anilines is 1. The Labute approximate surface area is 102 Å². The third-order valence-corrected chi connectivity index (χ3v) is 2.74. The summed E-state index contributed by atoms with van der Waals surface area (Å²) in [6.07, 6.45) is 1.01. The van der Waals surface area contributed by atoms with E-state index in [1.165, 1.54) is 0 Å². The molecular formula is C13H20N2O2. The first kappa shape index (κ1) is 12.4. The highest BCUT2D eigenvalue weighted by Crippen LogP contribution is 2.09. The van der Waals surface area contributed by atoms with Crippen LogP contribution >= 0.6 is 0 Å². The highest BCUT2D eigenvalue weighted by Gasteiger charge is 2.25. The Bertz CT molecular complexity index is 316. The molecule has 2 unspecified atom stereocenters. The summed E-state index contributed by atoms with van der Waals surface area (Å²) in [5.41, 5.74) is 7.53. The average Bonchev–Trinajstić information content (AvgIpc) is 3.16. The van der Waals surface area contributed by atoms with Gasteiger partial charge in [0.1, 0.15) is 0 Å². The minimum absolute atomic E-state index is 0.503. The van der Waals surface area contributed by atoms with Gasteiger partial charge in [-0.15, -0.1) is 0 Å². The van der Waals surface area contributed by atoms with E-state index in [1.807, 2.05) is 31.2 Å². The van der Waals surface area contributed by atoms with Crippen molar-refractivity contribution in [2.24, 2.45) is 0 Å². The van der Waals surface area contributed by atoms with Gasteiger partial charge in [0.25, 0.3) is 0 Å². The summed E-state index contributed by atoms with van der Waals surface area (Å²) in [6, 6.07) is 7.80. The minimum atomic E-state index is 0.503. The zero-order valence-electron chi connectivity index (χ0n) is 10.2. The predicted molar refractivity (Wildman–Crippen MR) is 67.9 cm³/mol. The number of ether oxygens (including phenoxy) is 2. The largest absolute Gasteiger partial charge is 0.399 e. The highest BCUT2D eigenvalue weighted by molar-refractivity contribution is 5.44. The van der Waals surface area contributed by atoms with Crippen molar-refractivity contribution in [3.8, 4) is 0 Å². The molecule has 1 aromatic carbocycles. The van der Waals surface area contributed by atoms with Crippen molar-refractivity contribution in [3.05, 3.63) is 29.8 Å². The Balaban J connectivity index is 0.000000128. The molecule has 2 fully saturated rings. The highest BCUT2D eigenvalue weighted by atomic mass is 16.6. The zero-order valence-corrected chi connectivity index (χ0v) is 10.2. The average molecular weight is 236 g/mol. The number of benzene rings is 1. The molecule has 0 aromatic heterocycles. The van der Waals surface area contributed by atoms with Gasteiger partial charge in [-0.1, -0.05) is 18.2 Å². The van der Waals surface area contributed by atoms with Crippen molar-refractivity contribution in [1.82, 2.24) is 5.32 Å². The van der Waals surface area contributed by atoms with Crippen LogP contribution in [0.4, 0.5) is 5.69 Å². The molecule has 2 aliphatic heterocycles. The molecule has 0 radical (unpaired) electrons. The molecule has 0 bridgehead atoms. The number of aryl methyl sites for hydroxylation is 1. The van der Waals surface area contributed by atoms with Crippen molar-refractivity contribution in [3.63, 3.8) is 0 Å². The lowest BCUT2D eigenvalue weighted by atomic mass is 10.2. The van der Waals surface area contributed by atoms with E-state index >= 15 is 0 Å². The number of hydrogen-bond donors (Lipinski definition) is 2. The first-order chi connectivity index (χ1) is 8.25. The van der Waals surface area contributed by atoms with Crippen LogP contribution in [0.1, 0.15) is 5.56 Å². The van der Waals surface area contributed by atoms with E-state index in [9.17, 15) is 0 Å². The zero-order chi connectivity index (χ0) is 12.1. The fourth-order valence-electron chi connectivity index (χ4n) is 1.36.